The molecule has 0 fully saturated rings. The molecule has 0 aliphatic carbocycles. The molecular formula is C19H19NO4. The quantitative estimate of drug-likeness (QED) is 0.677. The molecule has 24 heavy (non-hydrogen) atoms. The Morgan fingerprint density at radius 3 is 2.46 bits per heavy atom. The maximum absolute atomic E-state index is 12.0. The van der Waals surface area contributed by atoms with Crippen LogP contribution in [0.4, 0.5) is 0 Å². The first-order chi connectivity index (χ1) is 11.6. The Morgan fingerprint density at radius 2 is 1.71 bits per heavy atom. The average molecular weight is 325 g/mol. The smallest absolute Gasteiger partial charge is 0.422 e. The minimum Gasteiger partial charge on any atom is -0.493 e. The van der Waals surface area contributed by atoms with Crippen molar-refractivity contribution in [1.29, 1.82) is 0 Å². The molecule has 0 radical (unpaired) electrons. The third-order valence-corrected chi connectivity index (χ3v) is 4.00. The van der Waals surface area contributed by atoms with Crippen LogP contribution >= 0.6 is 0 Å². The first-order valence-electron chi connectivity index (χ1n) is 7.89. The van der Waals surface area contributed by atoms with Gasteiger partial charge >= 0.3 is 11.4 Å². The lowest BCUT2D eigenvalue weighted by molar-refractivity contribution is 0.293. The molecule has 0 aliphatic rings. The fourth-order valence-electron chi connectivity index (χ4n) is 2.80. The van der Waals surface area contributed by atoms with Crippen molar-refractivity contribution in [2.24, 2.45) is 0 Å². The van der Waals surface area contributed by atoms with E-state index in [1.807, 2.05) is 32.0 Å². The predicted octanol–water partition coefficient (Wildman–Crippen LogP) is 3.04. The standard InChI is InChI=1S/C19H19NO4/c1-13-7-5-8-14(2)17(13)23-12-6-11-20-16-10-4-3-9-15(16)18(21)24-19(20)22/h3-5,7-10H,6,11-12H2,1-2H3. The molecule has 0 unspecified atom stereocenters. The number of benzene rings is 2. The molecule has 0 saturated carbocycles. The Bertz CT molecular complexity index is 964. The van der Waals surface area contributed by atoms with Gasteiger partial charge in [-0.3, -0.25) is 4.57 Å². The Morgan fingerprint density at radius 1 is 1.00 bits per heavy atom. The predicted molar refractivity (Wildman–Crippen MR) is 92.8 cm³/mol. The van der Waals surface area contributed by atoms with Crippen LogP contribution < -0.4 is 16.1 Å². The monoisotopic (exact) mass is 325 g/mol. The first kappa shape index (κ1) is 16.1. The van der Waals surface area contributed by atoms with Crippen molar-refractivity contribution in [3.8, 4) is 5.75 Å². The molecule has 5 nitrogen and oxygen atoms in total. The molecule has 0 aliphatic heterocycles. The van der Waals surface area contributed by atoms with Crippen LogP contribution in [0.15, 0.2) is 56.5 Å². The van der Waals surface area contributed by atoms with Gasteiger partial charge in [-0.25, -0.2) is 9.59 Å². The zero-order valence-corrected chi connectivity index (χ0v) is 13.7. The number of aryl methyl sites for hydroxylation is 3. The number of hydrogen-bond acceptors (Lipinski definition) is 4. The van der Waals surface area contributed by atoms with Crippen LogP contribution in [0, 0.1) is 13.8 Å². The second-order valence-electron chi connectivity index (χ2n) is 5.75. The van der Waals surface area contributed by atoms with Crippen molar-refractivity contribution in [2.75, 3.05) is 6.61 Å². The van der Waals surface area contributed by atoms with E-state index in [1.54, 1.807) is 24.3 Å². The van der Waals surface area contributed by atoms with Gasteiger partial charge in [0.2, 0.25) is 0 Å². The van der Waals surface area contributed by atoms with Crippen molar-refractivity contribution >= 4 is 10.9 Å². The van der Waals surface area contributed by atoms with Crippen molar-refractivity contribution in [1.82, 2.24) is 4.57 Å². The molecule has 1 heterocycles. The van der Waals surface area contributed by atoms with Gasteiger partial charge in [-0.1, -0.05) is 30.3 Å². The fraction of sp³-hybridized carbons (Fsp3) is 0.263. The van der Waals surface area contributed by atoms with Crippen LogP contribution in [0.5, 0.6) is 5.75 Å². The molecule has 0 saturated heterocycles. The minimum absolute atomic E-state index is 0.410. The van der Waals surface area contributed by atoms with Gasteiger partial charge in [-0.05, 0) is 43.5 Å². The van der Waals surface area contributed by atoms with Gasteiger partial charge in [0.15, 0.2) is 0 Å². The Kier molecular flexibility index (Phi) is 4.51. The zero-order chi connectivity index (χ0) is 17.1. The average Bonchev–Trinajstić information content (AvgIpc) is 2.56. The zero-order valence-electron chi connectivity index (χ0n) is 13.7. The molecule has 3 aromatic rings. The largest absolute Gasteiger partial charge is 0.493 e. The van der Waals surface area contributed by atoms with Gasteiger partial charge in [-0.15, -0.1) is 0 Å². The van der Waals surface area contributed by atoms with Crippen molar-refractivity contribution in [3.05, 3.63) is 74.6 Å². The third-order valence-electron chi connectivity index (χ3n) is 4.00. The Balaban J connectivity index is 1.75. The summed E-state index contributed by atoms with van der Waals surface area (Å²) in [5, 5.41) is 0.410. The molecule has 124 valence electrons. The van der Waals surface area contributed by atoms with E-state index < -0.39 is 11.4 Å². The number of hydrogen-bond donors (Lipinski definition) is 0. The highest BCUT2D eigenvalue weighted by molar-refractivity contribution is 5.77. The molecule has 2 aromatic carbocycles. The summed E-state index contributed by atoms with van der Waals surface area (Å²) in [7, 11) is 0. The summed E-state index contributed by atoms with van der Waals surface area (Å²) in [6, 6.07) is 13.0. The van der Waals surface area contributed by atoms with Gasteiger partial charge in [0.05, 0.1) is 17.5 Å². The van der Waals surface area contributed by atoms with Gasteiger partial charge in [-0.2, -0.15) is 0 Å². The summed E-state index contributed by atoms with van der Waals surface area (Å²) in [5.41, 5.74) is 2.16. The van der Waals surface area contributed by atoms with E-state index >= 15 is 0 Å². The Labute approximate surface area is 139 Å². The van der Waals surface area contributed by atoms with E-state index in [0.717, 1.165) is 16.9 Å². The van der Waals surface area contributed by atoms with E-state index in [1.165, 1.54) is 4.57 Å². The van der Waals surface area contributed by atoms with Gasteiger partial charge < -0.3 is 9.15 Å². The molecule has 5 heteroatoms. The highest BCUT2D eigenvalue weighted by Crippen LogP contribution is 2.22. The van der Waals surface area contributed by atoms with Crippen LogP contribution in [-0.4, -0.2) is 11.2 Å². The lowest BCUT2D eigenvalue weighted by atomic mass is 10.1. The molecule has 0 bridgehead atoms. The molecular weight excluding hydrogens is 306 g/mol. The maximum Gasteiger partial charge on any atom is 0.422 e. The van der Waals surface area contributed by atoms with Crippen LogP contribution in [0.2, 0.25) is 0 Å². The van der Waals surface area contributed by atoms with E-state index in [9.17, 15) is 9.59 Å². The summed E-state index contributed by atoms with van der Waals surface area (Å²) in [6.07, 6.45) is 0.630. The summed E-state index contributed by atoms with van der Waals surface area (Å²) >= 11 is 0. The summed E-state index contributed by atoms with van der Waals surface area (Å²) in [6.45, 7) is 4.91. The molecule has 0 amide bonds. The van der Waals surface area contributed by atoms with Crippen molar-refractivity contribution in [3.63, 3.8) is 0 Å². The van der Waals surface area contributed by atoms with Crippen LogP contribution in [0.25, 0.3) is 10.9 Å². The summed E-state index contributed by atoms with van der Waals surface area (Å²) in [4.78, 5) is 23.7. The van der Waals surface area contributed by atoms with Crippen LogP contribution in [0.1, 0.15) is 17.5 Å². The van der Waals surface area contributed by atoms with E-state index in [0.29, 0.717) is 30.5 Å². The van der Waals surface area contributed by atoms with Crippen LogP contribution in [-0.2, 0) is 6.54 Å². The molecule has 1 aromatic heterocycles. The van der Waals surface area contributed by atoms with Crippen LogP contribution in [0.3, 0.4) is 0 Å². The van der Waals surface area contributed by atoms with Crippen molar-refractivity contribution in [2.45, 2.75) is 26.8 Å². The summed E-state index contributed by atoms with van der Waals surface area (Å²) in [5.74, 6) is 0.250. The number of aromatic nitrogens is 1. The highest BCUT2D eigenvalue weighted by Gasteiger charge is 2.09. The maximum atomic E-state index is 12.0. The van der Waals surface area contributed by atoms with Gasteiger partial charge in [0.25, 0.3) is 0 Å². The number of para-hydroxylation sites is 2. The number of fused-ring (bicyclic) bond motifs is 1. The SMILES string of the molecule is Cc1cccc(C)c1OCCCn1c(=O)oc(=O)c2ccccc21. The van der Waals surface area contributed by atoms with Crippen molar-refractivity contribution < 1.29 is 9.15 Å². The van der Waals surface area contributed by atoms with E-state index in [-0.39, 0.29) is 0 Å². The number of ether oxygens (including phenoxy) is 1. The normalized spacial score (nSPS) is 10.9. The number of rotatable bonds is 5. The summed E-state index contributed by atoms with van der Waals surface area (Å²) < 4.78 is 12.1. The molecule has 0 N–H and O–H groups in total. The highest BCUT2D eigenvalue weighted by atomic mass is 16.5. The molecule has 0 spiro atoms. The van der Waals surface area contributed by atoms with Gasteiger partial charge in [0, 0.05) is 6.54 Å². The molecule has 3 rings (SSSR count). The minimum atomic E-state index is -0.634. The van der Waals surface area contributed by atoms with E-state index in [4.69, 9.17) is 9.15 Å². The first-order valence-corrected chi connectivity index (χ1v) is 7.89. The van der Waals surface area contributed by atoms with E-state index in [2.05, 4.69) is 0 Å². The second kappa shape index (κ2) is 6.74. The fourth-order valence-corrected chi connectivity index (χ4v) is 2.80. The topological polar surface area (TPSA) is 61.4 Å². The lowest BCUT2D eigenvalue weighted by Gasteiger charge is -2.12. The number of nitrogens with zero attached hydrogens (tertiary/aromatic N) is 1. The second-order valence-corrected chi connectivity index (χ2v) is 5.75. The van der Waals surface area contributed by atoms with Gasteiger partial charge in [0.1, 0.15) is 5.75 Å². The third kappa shape index (κ3) is 3.11. The molecule has 0 atom stereocenters. The lowest BCUT2D eigenvalue weighted by Crippen LogP contribution is -2.25. The Hall–Kier alpha value is -2.82.